The van der Waals surface area contributed by atoms with Crippen molar-refractivity contribution in [1.29, 1.82) is 0 Å². The van der Waals surface area contributed by atoms with Crippen LogP contribution in [0.15, 0.2) is 24.7 Å². The van der Waals surface area contributed by atoms with Gasteiger partial charge in [0.2, 0.25) is 0 Å². The van der Waals surface area contributed by atoms with Crippen molar-refractivity contribution in [2.45, 2.75) is 19.8 Å². The third-order valence-corrected chi connectivity index (χ3v) is 2.10. The number of anilines is 1. The van der Waals surface area contributed by atoms with Crippen LogP contribution in [-0.4, -0.2) is 19.9 Å². The van der Waals surface area contributed by atoms with Gasteiger partial charge in [-0.2, -0.15) is 0 Å². The van der Waals surface area contributed by atoms with E-state index in [1.165, 1.54) is 0 Å². The molecule has 0 radical (unpaired) electrons. The summed E-state index contributed by atoms with van der Waals surface area (Å²) in [5.74, 6) is 1.01. The topological polar surface area (TPSA) is 77.6 Å². The van der Waals surface area contributed by atoms with Gasteiger partial charge in [-0.05, 0) is 6.42 Å². The first-order chi connectivity index (χ1) is 7.79. The number of hydrogen-bond donors (Lipinski definition) is 1. The zero-order valence-electron chi connectivity index (χ0n) is 9.09. The molecule has 0 saturated carbocycles. The van der Waals surface area contributed by atoms with Gasteiger partial charge in [-0.3, -0.25) is 4.98 Å². The minimum atomic E-state index is 0.471. The van der Waals surface area contributed by atoms with E-state index >= 15 is 0 Å². The maximum absolute atomic E-state index is 5.73. The van der Waals surface area contributed by atoms with Crippen molar-refractivity contribution in [1.82, 2.24) is 19.9 Å². The van der Waals surface area contributed by atoms with Gasteiger partial charge >= 0.3 is 0 Å². The molecule has 0 bridgehead atoms. The molecule has 0 amide bonds. The van der Waals surface area contributed by atoms with E-state index in [0.29, 0.717) is 17.3 Å². The van der Waals surface area contributed by atoms with Crippen molar-refractivity contribution >= 4 is 5.82 Å². The van der Waals surface area contributed by atoms with Gasteiger partial charge in [0.25, 0.3) is 0 Å². The van der Waals surface area contributed by atoms with E-state index in [4.69, 9.17) is 5.73 Å². The highest BCUT2D eigenvalue weighted by atomic mass is 15.0. The van der Waals surface area contributed by atoms with Crippen molar-refractivity contribution in [2.24, 2.45) is 0 Å². The summed E-state index contributed by atoms with van der Waals surface area (Å²) in [6, 6.07) is 1.80. The summed E-state index contributed by atoms with van der Waals surface area (Å²) in [5, 5.41) is 0. The van der Waals surface area contributed by atoms with Crippen LogP contribution in [0, 0.1) is 0 Å². The molecule has 0 aliphatic rings. The highest BCUT2D eigenvalue weighted by molar-refractivity contribution is 5.50. The minimum absolute atomic E-state index is 0.471. The fourth-order valence-electron chi connectivity index (χ4n) is 1.43. The standard InChI is InChI=1S/C11H13N5/c1-2-3-8-6-10(12)16-11(15-8)9-7-13-4-5-14-9/h4-7H,2-3H2,1H3,(H2,12,15,16). The lowest BCUT2D eigenvalue weighted by Gasteiger charge is -2.03. The molecule has 0 aliphatic heterocycles. The van der Waals surface area contributed by atoms with Gasteiger partial charge in [-0.1, -0.05) is 13.3 Å². The zero-order chi connectivity index (χ0) is 11.4. The molecule has 0 aliphatic carbocycles. The fraction of sp³-hybridized carbons (Fsp3) is 0.273. The van der Waals surface area contributed by atoms with Gasteiger partial charge in [-0.25, -0.2) is 15.0 Å². The number of nitrogens with two attached hydrogens (primary N) is 1. The van der Waals surface area contributed by atoms with Gasteiger partial charge < -0.3 is 5.73 Å². The zero-order valence-corrected chi connectivity index (χ0v) is 9.09. The van der Waals surface area contributed by atoms with Crippen LogP contribution in [0.1, 0.15) is 19.0 Å². The van der Waals surface area contributed by atoms with Gasteiger partial charge in [0, 0.05) is 24.2 Å². The molecule has 0 saturated heterocycles. The van der Waals surface area contributed by atoms with Crippen LogP contribution in [-0.2, 0) is 6.42 Å². The minimum Gasteiger partial charge on any atom is -0.384 e. The van der Waals surface area contributed by atoms with Gasteiger partial charge in [0.05, 0.1) is 6.20 Å². The molecule has 16 heavy (non-hydrogen) atoms. The molecule has 0 unspecified atom stereocenters. The summed E-state index contributed by atoms with van der Waals surface area (Å²) in [6.45, 7) is 2.10. The Hall–Kier alpha value is -2.04. The Morgan fingerprint density at radius 2 is 2.12 bits per heavy atom. The SMILES string of the molecule is CCCc1cc(N)nc(-c2cnccn2)n1. The average molecular weight is 215 g/mol. The molecule has 2 aromatic rings. The number of aryl methyl sites for hydroxylation is 1. The molecule has 0 spiro atoms. The summed E-state index contributed by atoms with van der Waals surface area (Å²) >= 11 is 0. The third-order valence-electron chi connectivity index (χ3n) is 2.10. The molecular weight excluding hydrogens is 202 g/mol. The van der Waals surface area contributed by atoms with E-state index in [1.54, 1.807) is 24.7 Å². The van der Waals surface area contributed by atoms with E-state index < -0.39 is 0 Å². The molecule has 2 rings (SSSR count). The monoisotopic (exact) mass is 215 g/mol. The number of nitrogens with zero attached hydrogens (tertiary/aromatic N) is 4. The Morgan fingerprint density at radius 1 is 1.25 bits per heavy atom. The second kappa shape index (κ2) is 4.65. The molecule has 82 valence electrons. The fourth-order valence-corrected chi connectivity index (χ4v) is 1.43. The lowest BCUT2D eigenvalue weighted by atomic mass is 10.2. The Labute approximate surface area is 93.8 Å². The summed E-state index contributed by atoms with van der Waals surface area (Å²) in [6.07, 6.45) is 6.77. The highest BCUT2D eigenvalue weighted by Crippen LogP contribution is 2.13. The van der Waals surface area contributed by atoms with E-state index in [-0.39, 0.29) is 0 Å². The van der Waals surface area contributed by atoms with Crippen LogP contribution in [0.25, 0.3) is 11.5 Å². The Bertz CT molecular complexity index is 469. The average Bonchev–Trinajstić information content (AvgIpc) is 2.30. The van der Waals surface area contributed by atoms with Gasteiger partial charge in [0.15, 0.2) is 5.82 Å². The lowest BCUT2D eigenvalue weighted by Crippen LogP contribution is -2.01. The van der Waals surface area contributed by atoms with E-state index in [2.05, 4.69) is 26.9 Å². The van der Waals surface area contributed by atoms with Crippen LogP contribution in [0.5, 0.6) is 0 Å². The van der Waals surface area contributed by atoms with Crippen LogP contribution in [0.2, 0.25) is 0 Å². The first-order valence-electron chi connectivity index (χ1n) is 5.19. The first-order valence-corrected chi connectivity index (χ1v) is 5.19. The summed E-state index contributed by atoms with van der Waals surface area (Å²) in [7, 11) is 0. The predicted octanol–water partition coefficient (Wildman–Crippen LogP) is 1.47. The largest absolute Gasteiger partial charge is 0.384 e. The van der Waals surface area contributed by atoms with Gasteiger partial charge in [0.1, 0.15) is 11.5 Å². The normalized spacial score (nSPS) is 10.3. The summed E-state index contributed by atoms with van der Waals surface area (Å²) in [4.78, 5) is 16.7. The number of hydrogen-bond acceptors (Lipinski definition) is 5. The van der Waals surface area contributed by atoms with Crippen molar-refractivity contribution in [3.8, 4) is 11.5 Å². The Morgan fingerprint density at radius 3 is 2.81 bits per heavy atom. The maximum Gasteiger partial charge on any atom is 0.182 e. The van der Waals surface area contributed by atoms with Crippen LogP contribution in [0.3, 0.4) is 0 Å². The second-order valence-electron chi connectivity index (χ2n) is 3.45. The predicted molar refractivity (Wildman–Crippen MR) is 61.5 cm³/mol. The molecular formula is C11H13N5. The molecule has 5 nitrogen and oxygen atoms in total. The molecule has 0 aromatic carbocycles. The highest BCUT2D eigenvalue weighted by Gasteiger charge is 2.05. The summed E-state index contributed by atoms with van der Waals surface area (Å²) in [5.41, 5.74) is 7.31. The second-order valence-corrected chi connectivity index (χ2v) is 3.45. The molecule has 0 atom stereocenters. The molecule has 2 N–H and O–H groups in total. The first kappa shape index (κ1) is 10.5. The number of nitrogen functional groups attached to an aromatic ring is 1. The van der Waals surface area contributed by atoms with Crippen molar-refractivity contribution < 1.29 is 0 Å². The Balaban J connectivity index is 2.41. The number of aromatic nitrogens is 4. The molecule has 2 aromatic heterocycles. The third kappa shape index (κ3) is 2.31. The van der Waals surface area contributed by atoms with Crippen LogP contribution >= 0.6 is 0 Å². The quantitative estimate of drug-likeness (QED) is 0.838. The maximum atomic E-state index is 5.73. The van der Waals surface area contributed by atoms with E-state index in [1.807, 2.05) is 0 Å². The van der Waals surface area contributed by atoms with Crippen LogP contribution < -0.4 is 5.73 Å². The smallest absolute Gasteiger partial charge is 0.182 e. The Kier molecular flexibility index (Phi) is 3.05. The van der Waals surface area contributed by atoms with Crippen molar-refractivity contribution in [3.05, 3.63) is 30.4 Å². The van der Waals surface area contributed by atoms with E-state index in [0.717, 1.165) is 18.5 Å². The van der Waals surface area contributed by atoms with Crippen molar-refractivity contribution in [3.63, 3.8) is 0 Å². The molecule has 0 fully saturated rings. The van der Waals surface area contributed by atoms with Crippen LogP contribution in [0.4, 0.5) is 5.82 Å². The van der Waals surface area contributed by atoms with Gasteiger partial charge in [-0.15, -0.1) is 0 Å². The van der Waals surface area contributed by atoms with E-state index in [9.17, 15) is 0 Å². The number of rotatable bonds is 3. The van der Waals surface area contributed by atoms with Crippen molar-refractivity contribution in [2.75, 3.05) is 5.73 Å². The molecule has 2 heterocycles. The lowest BCUT2D eigenvalue weighted by molar-refractivity contribution is 0.875. The summed E-state index contributed by atoms with van der Waals surface area (Å²) < 4.78 is 0. The molecule has 5 heteroatoms.